The van der Waals surface area contributed by atoms with Gasteiger partial charge in [0, 0.05) is 24.9 Å². The van der Waals surface area contributed by atoms with Crippen molar-refractivity contribution < 1.29 is 4.92 Å². The summed E-state index contributed by atoms with van der Waals surface area (Å²) in [7, 11) is 0. The summed E-state index contributed by atoms with van der Waals surface area (Å²) in [6.45, 7) is 4.20. The van der Waals surface area contributed by atoms with Crippen LogP contribution < -0.4 is 5.32 Å². The van der Waals surface area contributed by atoms with Gasteiger partial charge in [-0.2, -0.15) is 0 Å². The van der Waals surface area contributed by atoms with Crippen LogP contribution in [0.5, 0.6) is 0 Å². The van der Waals surface area contributed by atoms with Gasteiger partial charge in [-0.1, -0.05) is 12.1 Å². The van der Waals surface area contributed by atoms with Crippen LogP contribution in [0.3, 0.4) is 0 Å². The number of nitro benzene ring substituents is 1. The molecule has 0 fully saturated rings. The number of hydrogen-bond donors (Lipinski definition) is 1. The highest BCUT2D eigenvalue weighted by atomic mass is 16.6. The number of nitrogens with one attached hydrogen (secondary N) is 1. The van der Waals surface area contributed by atoms with Crippen molar-refractivity contribution in [2.75, 3.05) is 5.32 Å². The van der Waals surface area contributed by atoms with Gasteiger partial charge in [-0.3, -0.25) is 15.1 Å². The van der Waals surface area contributed by atoms with E-state index in [1.807, 2.05) is 19.9 Å². The molecule has 0 aliphatic heterocycles. The van der Waals surface area contributed by atoms with Gasteiger partial charge in [-0.05, 0) is 19.4 Å². The second kappa shape index (κ2) is 5.43. The fourth-order valence-electron chi connectivity index (χ4n) is 1.67. The molecular formula is C13H14N4O2. The number of aromatic nitrogens is 2. The third-order valence-corrected chi connectivity index (χ3v) is 2.66. The van der Waals surface area contributed by atoms with Gasteiger partial charge in [0.1, 0.15) is 5.82 Å². The van der Waals surface area contributed by atoms with Crippen LogP contribution in [-0.4, -0.2) is 14.9 Å². The Balaban J connectivity index is 2.12. The van der Waals surface area contributed by atoms with Crippen LogP contribution in [-0.2, 0) is 6.54 Å². The molecule has 0 radical (unpaired) electrons. The SMILES string of the molecule is Cc1cnc(C)c(NCc2cccc([N+](=O)[O-])c2)n1. The summed E-state index contributed by atoms with van der Waals surface area (Å²) < 4.78 is 0. The molecule has 1 N–H and O–H groups in total. The summed E-state index contributed by atoms with van der Waals surface area (Å²) in [5.74, 6) is 0.700. The predicted molar refractivity (Wildman–Crippen MR) is 71.9 cm³/mol. The van der Waals surface area contributed by atoms with Crippen LogP contribution in [0.1, 0.15) is 17.0 Å². The fraction of sp³-hybridized carbons (Fsp3) is 0.231. The van der Waals surface area contributed by atoms with Crippen molar-refractivity contribution in [2.24, 2.45) is 0 Å². The van der Waals surface area contributed by atoms with E-state index in [-0.39, 0.29) is 5.69 Å². The second-order valence-corrected chi connectivity index (χ2v) is 4.23. The van der Waals surface area contributed by atoms with Crippen molar-refractivity contribution in [2.45, 2.75) is 20.4 Å². The molecule has 0 unspecified atom stereocenters. The van der Waals surface area contributed by atoms with Gasteiger partial charge in [0.15, 0.2) is 0 Å². The van der Waals surface area contributed by atoms with Crippen molar-refractivity contribution in [3.63, 3.8) is 0 Å². The molecule has 0 aliphatic rings. The topological polar surface area (TPSA) is 81.0 Å². The maximum Gasteiger partial charge on any atom is 0.269 e. The number of rotatable bonds is 4. The number of non-ortho nitro benzene ring substituents is 1. The largest absolute Gasteiger partial charge is 0.364 e. The van der Waals surface area contributed by atoms with Crippen LogP contribution in [0.4, 0.5) is 11.5 Å². The van der Waals surface area contributed by atoms with Gasteiger partial charge in [0.25, 0.3) is 5.69 Å². The molecule has 0 amide bonds. The van der Waals surface area contributed by atoms with E-state index in [1.54, 1.807) is 18.3 Å². The molecule has 0 spiro atoms. The standard InChI is InChI=1S/C13H14N4O2/c1-9-7-14-10(2)13(16-9)15-8-11-4-3-5-12(6-11)17(18)19/h3-7H,8H2,1-2H3,(H,15,16). The van der Waals surface area contributed by atoms with Gasteiger partial charge in [0.05, 0.1) is 16.3 Å². The first-order valence-electron chi connectivity index (χ1n) is 5.83. The molecular weight excluding hydrogens is 244 g/mol. The number of nitrogens with zero attached hydrogens (tertiary/aromatic N) is 3. The van der Waals surface area contributed by atoms with E-state index in [2.05, 4.69) is 15.3 Å². The first kappa shape index (κ1) is 12.9. The molecule has 98 valence electrons. The van der Waals surface area contributed by atoms with E-state index < -0.39 is 4.92 Å². The minimum absolute atomic E-state index is 0.0892. The van der Waals surface area contributed by atoms with Gasteiger partial charge in [-0.15, -0.1) is 0 Å². The lowest BCUT2D eigenvalue weighted by Crippen LogP contribution is -2.05. The summed E-state index contributed by atoms with van der Waals surface area (Å²) in [5, 5.41) is 13.8. The molecule has 19 heavy (non-hydrogen) atoms. The lowest BCUT2D eigenvalue weighted by molar-refractivity contribution is -0.384. The quantitative estimate of drug-likeness (QED) is 0.673. The van der Waals surface area contributed by atoms with E-state index in [0.717, 1.165) is 17.0 Å². The maximum absolute atomic E-state index is 10.7. The van der Waals surface area contributed by atoms with Crippen LogP contribution in [0.2, 0.25) is 0 Å². The molecule has 0 saturated carbocycles. The molecule has 6 heteroatoms. The summed E-state index contributed by atoms with van der Waals surface area (Å²) in [4.78, 5) is 18.8. The number of anilines is 1. The molecule has 0 saturated heterocycles. The Morgan fingerprint density at radius 2 is 2.16 bits per heavy atom. The van der Waals surface area contributed by atoms with Crippen LogP contribution >= 0.6 is 0 Å². The van der Waals surface area contributed by atoms with E-state index in [4.69, 9.17) is 0 Å². The molecule has 0 atom stereocenters. The molecule has 0 aliphatic carbocycles. The van der Waals surface area contributed by atoms with Gasteiger partial charge in [0.2, 0.25) is 0 Å². The van der Waals surface area contributed by atoms with Gasteiger partial charge in [-0.25, -0.2) is 4.98 Å². The fourth-order valence-corrected chi connectivity index (χ4v) is 1.67. The first-order chi connectivity index (χ1) is 9.06. The third-order valence-electron chi connectivity index (χ3n) is 2.66. The number of aryl methyl sites for hydroxylation is 2. The predicted octanol–water partition coefficient (Wildman–Crippen LogP) is 2.61. The Morgan fingerprint density at radius 1 is 1.37 bits per heavy atom. The molecule has 1 heterocycles. The minimum Gasteiger partial charge on any atom is -0.364 e. The van der Waals surface area contributed by atoms with Crippen molar-refractivity contribution in [1.82, 2.24) is 9.97 Å². The van der Waals surface area contributed by atoms with Crippen molar-refractivity contribution >= 4 is 11.5 Å². The van der Waals surface area contributed by atoms with E-state index in [9.17, 15) is 10.1 Å². The highest BCUT2D eigenvalue weighted by molar-refractivity contribution is 5.42. The Morgan fingerprint density at radius 3 is 2.89 bits per heavy atom. The zero-order valence-electron chi connectivity index (χ0n) is 10.8. The highest BCUT2D eigenvalue weighted by Crippen LogP contribution is 2.15. The summed E-state index contributed by atoms with van der Waals surface area (Å²) in [6, 6.07) is 6.52. The van der Waals surface area contributed by atoms with Gasteiger partial charge < -0.3 is 5.32 Å². The zero-order chi connectivity index (χ0) is 13.8. The summed E-state index contributed by atoms with van der Waals surface area (Å²) in [6.07, 6.45) is 1.70. The monoisotopic (exact) mass is 258 g/mol. The maximum atomic E-state index is 10.7. The Labute approximate surface area is 110 Å². The van der Waals surface area contributed by atoms with Crippen molar-refractivity contribution in [3.05, 3.63) is 57.5 Å². The van der Waals surface area contributed by atoms with E-state index in [1.165, 1.54) is 6.07 Å². The Bertz CT molecular complexity index is 613. The molecule has 1 aromatic carbocycles. The summed E-state index contributed by atoms with van der Waals surface area (Å²) >= 11 is 0. The van der Waals surface area contributed by atoms with E-state index >= 15 is 0 Å². The van der Waals surface area contributed by atoms with Crippen molar-refractivity contribution in [3.8, 4) is 0 Å². The number of nitro groups is 1. The summed E-state index contributed by atoms with van der Waals surface area (Å²) in [5.41, 5.74) is 2.55. The van der Waals surface area contributed by atoms with Crippen LogP contribution in [0, 0.1) is 24.0 Å². The second-order valence-electron chi connectivity index (χ2n) is 4.23. The number of benzene rings is 1. The molecule has 2 aromatic rings. The van der Waals surface area contributed by atoms with Gasteiger partial charge >= 0.3 is 0 Å². The Kier molecular flexibility index (Phi) is 3.70. The minimum atomic E-state index is -0.402. The normalized spacial score (nSPS) is 10.2. The highest BCUT2D eigenvalue weighted by Gasteiger charge is 2.06. The average molecular weight is 258 g/mol. The Hall–Kier alpha value is -2.50. The lowest BCUT2D eigenvalue weighted by Gasteiger charge is -2.08. The third kappa shape index (κ3) is 3.25. The lowest BCUT2D eigenvalue weighted by atomic mass is 10.2. The van der Waals surface area contributed by atoms with Crippen LogP contribution in [0.15, 0.2) is 30.5 Å². The first-order valence-corrected chi connectivity index (χ1v) is 5.83. The molecule has 1 aromatic heterocycles. The van der Waals surface area contributed by atoms with Crippen LogP contribution in [0.25, 0.3) is 0 Å². The molecule has 0 bridgehead atoms. The molecule has 2 rings (SSSR count). The van der Waals surface area contributed by atoms with Crippen molar-refractivity contribution in [1.29, 1.82) is 0 Å². The number of hydrogen-bond acceptors (Lipinski definition) is 5. The van der Waals surface area contributed by atoms with E-state index in [0.29, 0.717) is 12.4 Å². The smallest absolute Gasteiger partial charge is 0.269 e. The average Bonchev–Trinajstić information content (AvgIpc) is 2.40. The zero-order valence-corrected chi connectivity index (χ0v) is 10.8. The molecule has 6 nitrogen and oxygen atoms in total.